The average molecular weight is 487 g/mol. The standard InChI is InChI=1S/C35H22N2O/c1-2-10-28(11-3-1)37-32-18-16-26(25-15-14-23-8-4-5-9-24(23)20-25)21-29(32)30-22-27(17-19-33(30)37)35-36-31-12-6-7-13-34(31)38-35/h1-22H. The Balaban J connectivity index is 1.38. The van der Waals surface area contributed by atoms with E-state index in [1.807, 2.05) is 24.3 Å². The topological polar surface area (TPSA) is 31.0 Å². The van der Waals surface area contributed by atoms with Crippen LogP contribution in [0.5, 0.6) is 0 Å². The van der Waals surface area contributed by atoms with E-state index >= 15 is 0 Å². The quantitative estimate of drug-likeness (QED) is 0.249. The molecule has 0 fully saturated rings. The van der Waals surface area contributed by atoms with E-state index in [9.17, 15) is 0 Å². The van der Waals surface area contributed by atoms with Crippen molar-refractivity contribution in [1.82, 2.24) is 9.55 Å². The molecule has 2 heterocycles. The highest BCUT2D eigenvalue weighted by molar-refractivity contribution is 6.11. The molecule has 3 heteroatoms. The molecular formula is C35H22N2O. The van der Waals surface area contributed by atoms with Crippen molar-refractivity contribution >= 4 is 43.7 Å². The zero-order valence-corrected chi connectivity index (χ0v) is 20.5. The van der Waals surface area contributed by atoms with Crippen LogP contribution in [0.25, 0.3) is 71.9 Å². The van der Waals surface area contributed by atoms with Gasteiger partial charge in [0.05, 0.1) is 11.0 Å². The van der Waals surface area contributed by atoms with Crippen LogP contribution in [0.3, 0.4) is 0 Å². The molecule has 3 nitrogen and oxygen atoms in total. The van der Waals surface area contributed by atoms with E-state index in [0.717, 1.165) is 27.9 Å². The van der Waals surface area contributed by atoms with Crippen LogP contribution in [0.2, 0.25) is 0 Å². The molecule has 0 spiro atoms. The van der Waals surface area contributed by atoms with Crippen molar-refractivity contribution in [1.29, 1.82) is 0 Å². The van der Waals surface area contributed by atoms with E-state index in [4.69, 9.17) is 9.40 Å². The molecule has 8 rings (SSSR count). The molecule has 0 unspecified atom stereocenters. The lowest BCUT2D eigenvalue weighted by molar-refractivity contribution is 0.620. The Kier molecular flexibility index (Phi) is 4.52. The fourth-order valence-corrected chi connectivity index (χ4v) is 5.56. The van der Waals surface area contributed by atoms with Gasteiger partial charge in [-0.3, -0.25) is 0 Å². The maximum Gasteiger partial charge on any atom is 0.227 e. The Morgan fingerprint density at radius 1 is 0.500 bits per heavy atom. The molecule has 178 valence electrons. The van der Waals surface area contributed by atoms with Gasteiger partial charge in [0.2, 0.25) is 5.89 Å². The zero-order chi connectivity index (χ0) is 25.1. The van der Waals surface area contributed by atoms with E-state index in [0.29, 0.717) is 5.89 Å². The molecule has 0 bridgehead atoms. The van der Waals surface area contributed by atoms with Crippen LogP contribution in [0.4, 0.5) is 0 Å². The number of para-hydroxylation sites is 3. The summed E-state index contributed by atoms with van der Waals surface area (Å²) in [6, 6.07) is 46.9. The fraction of sp³-hybridized carbons (Fsp3) is 0. The number of hydrogen-bond acceptors (Lipinski definition) is 2. The molecule has 0 radical (unpaired) electrons. The average Bonchev–Trinajstić information content (AvgIpc) is 3.56. The summed E-state index contributed by atoms with van der Waals surface area (Å²) in [4.78, 5) is 4.76. The molecule has 0 aliphatic heterocycles. The van der Waals surface area contributed by atoms with Gasteiger partial charge in [-0.05, 0) is 82.6 Å². The summed E-state index contributed by atoms with van der Waals surface area (Å²) in [7, 11) is 0. The number of nitrogens with zero attached hydrogens (tertiary/aromatic N) is 2. The summed E-state index contributed by atoms with van der Waals surface area (Å²) < 4.78 is 8.46. The molecule has 0 saturated carbocycles. The minimum atomic E-state index is 0.638. The number of benzene rings is 6. The third-order valence-electron chi connectivity index (χ3n) is 7.40. The second-order valence-corrected chi connectivity index (χ2v) is 9.68. The Morgan fingerprint density at radius 3 is 1.95 bits per heavy atom. The van der Waals surface area contributed by atoms with E-state index < -0.39 is 0 Å². The first kappa shape index (κ1) is 21.0. The van der Waals surface area contributed by atoms with Crippen molar-refractivity contribution in [2.75, 3.05) is 0 Å². The van der Waals surface area contributed by atoms with Crippen molar-refractivity contribution in [2.24, 2.45) is 0 Å². The van der Waals surface area contributed by atoms with Gasteiger partial charge < -0.3 is 8.98 Å². The van der Waals surface area contributed by atoms with Crippen molar-refractivity contribution in [3.05, 3.63) is 133 Å². The Hall–Kier alpha value is -5.15. The largest absolute Gasteiger partial charge is 0.436 e. The zero-order valence-electron chi connectivity index (χ0n) is 20.5. The van der Waals surface area contributed by atoms with E-state index in [1.165, 1.54) is 38.2 Å². The van der Waals surface area contributed by atoms with Crippen LogP contribution >= 0.6 is 0 Å². The van der Waals surface area contributed by atoms with Gasteiger partial charge in [0, 0.05) is 22.0 Å². The number of fused-ring (bicyclic) bond motifs is 5. The number of aromatic nitrogens is 2. The summed E-state index contributed by atoms with van der Waals surface area (Å²) in [6.07, 6.45) is 0. The van der Waals surface area contributed by atoms with E-state index in [-0.39, 0.29) is 0 Å². The second-order valence-electron chi connectivity index (χ2n) is 9.68. The second kappa shape index (κ2) is 8.19. The monoisotopic (exact) mass is 486 g/mol. The van der Waals surface area contributed by atoms with Gasteiger partial charge in [0.1, 0.15) is 5.52 Å². The van der Waals surface area contributed by atoms with Crippen molar-refractivity contribution in [3.8, 4) is 28.3 Å². The lowest BCUT2D eigenvalue weighted by atomic mass is 9.99. The summed E-state index contributed by atoms with van der Waals surface area (Å²) in [5, 5.41) is 4.87. The Bertz CT molecular complexity index is 2100. The molecular weight excluding hydrogens is 464 g/mol. The maximum atomic E-state index is 6.12. The highest BCUT2D eigenvalue weighted by Crippen LogP contribution is 2.37. The van der Waals surface area contributed by atoms with Crippen molar-refractivity contribution in [3.63, 3.8) is 0 Å². The van der Waals surface area contributed by atoms with Crippen LogP contribution in [0, 0.1) is 0 Å². The van der Waals surface area contributed by atoms with Gasteiger partial charge in [-0.1, -0.05) is 72.8 Å². The molecule has 0 aliphatic carbocycles. The fourth-order valence-electron chi connectivity index (χ4n) is 5.56. The minimum Gasteiger partial charge on any atom is -0.436 e. The molecule has 0 atom stereocenters. The van der Waals surface area contributed by atoms with E-state index in [1.54, 1.807) is 0 Å². The lowest BCUT2D eigenvalue weighted by Crippen LogP contribution is -1.93. The van der Waals surface area contributed by atoms with Crippen LogP contribution in [0.15, 0.2) is 138 Å². The molecule has 0 N–H and O–H groups in total. The first-order valence-electron chi connectivity index (χ1n) is 12.8. The molecule has 2 aromatic heterocycles. The highest BCUT2D eigenvalue weighted by Gasteiger charge is 2.16. The van der Waals surface area contributed by atoms with Crippen LogP contribution in [-0.4, -0.2) is 9.55 Å². The first-order chi connectivity index (χ1) is 18.8. The van der Waals surface area contributed by atoms with Crippen molar-refractivity contribution in [2.45, 2.75) is 0 Å². The van der Waals surface area contributed by atoms with Crippen molar-refractivity contribution < 1.29 is 4.42 Å². The third kappa shape index (κ3) is 3.26. The summed E-state index contributed by atoms with van der Waals surface area (Å²) in [6.45, 7) is 0. The summed E-state index contributed by atoms with van der Waals surface area (Å²) >= 11 is 0. The molecule has 0 saturated heterocycles. The first-order valence-corrected chi connectivity index (χ1v) is 12.8. The summed E-state index contributed by atoms with van der Waals surface area (Å²) in [5.74, 6) is 0.638. The van der Waals surface area contributed by atoms with Gasteiger partial charge in [0.15, 0.2) is 5.58 Å². The predicted molar refractivity (Wildman–Crippen MR) is 157 cm³/mol. The Morgan fingerprint density at radius 2 is 1.13 bits per heavy atom. The third-order valence-corrected chi connectivity index (χ3v) is 7.40. The number of rotatable bonds is 3. The number of hydrogen-bond donors (Lipinski definition) is 0. The molecule has 6 aromatic carbocycles. The van der Waals surface area contributed by atoms with Crippen LogP contribution < -0.4 is 0 Å². The highest BCUT2D eigenvalue weighted by atomic mass is 16.3. The molecule has 0 aliphatic rings. The molecule has 8 aromatic rings. The van der Waals surface area contributed by atoms with E-state index in [2.05, 4.69) is 114 Å². The predicted octanol–water partition coefficient (Wildman–Crippen LogP) is 9.41. The van der Waals surface area contributed by atoms with Crippen LogP contribution in [0.1, 0.15) is 0 Å². The Labute approximate surface area is 219 Å². The van der Waals surface area contributed by atoms with Gasteiger partial charge in [0.25, 0.3) is 0 Å². The van der Waals surface area contributed by atoms with Crippen LogP contribution in [-0.2, 0) is 0 Å². The smallest absolute Gasteiger partial charge is 0.227 e. The van der Waals surface area contributed by atoms with Gasteiger partial charge in [-0.2, -0.15) is 0 Å². The lowest BCUT2D eigenvalue weighted by Gasteiger charge is -2.08. The SMILES string of the molecule is c1ccc(-n2c3ccc(-c4ccc5ccccc5c4)cc3c3cc(-c4nc5ccccc5o4)ccc32)cc1. The van der Waals surface area contributed by atoms with Gasteiger partial charge in [-0.15, -0.1) is 0 Å². The number of oxazole rings is 1. The molecule has 38 heavy (non-hydrogen) atoms. The van der Waals surface area contributed by atoms with Gasteiger partial charge >= 0.3 is 0 Å². The maximum absolute atomic E-state index is 6.12. The summed E-state index contributed by atoms with van der Waals surface area (Å²) in [5.41, 5.74) is 8.51. The normalized spacial score (nSPS) is 11.7. The minimum absolute atomic E-state index is 0.638. The molecule has 0 amide bonds. The van der Waals surface area contributed by atoms with Gasteiger partial charge in [-0.25, -0.2) is 4.98 Å².